The molecule has 21 heavy (non-hydrogen) atoms. The van der Waals surface area contributed by atoms with E-state index in [2.05, 4.69) is 15.5 Å². The summed E-state index contributed by atoms with van der Waals surface area (Å²) < 4.78 is 1.55. The van der Waals surface area contributed by atoms with Crippen molar-refractivity contribution in [3.05, 3.63) is 10.5 Å². The third-order valence-corrected chi connectivity index (χ3v) is 4.90. The Balaban J connectivity index is 2.19. The second-order valence-electron chi connectivity index (χ2n) is 5.75. The third-order valence-electron chi connectivity index (χ3n) is 3.73. The van der Waals surface area contributed by atoms with Gasteiger partial charge in [0.05, 0.1) is 0 Å². The van der Waals surface area contributed by atoms with E-state index in [9.17, 15) is 9.59 Å². The zero-order valence-corrected chi connectivity index (χ0v) is 13.5. The summed E-state index contributed by atoms with van der Waals surface area (Å²) in [5.41, 5.74) is 4.73. The molecule has 1 unspecified atom stereocenters. The molecule has 1 fully saturated rings. The highest BCUT2D eigenvalue weighted by molar-refractivity contribution is 7.99. The molecule has 0 bridgehead atoms. The Morgan fingerprint density at radius 3 is 2.76 bits per heavy atom. The molecule has 1 aliphatic rings. The largest absolute Gasteiger partial charge is 0.368 e. The summed E-state index contributed by atoms with van der Waals surface area (Å²) in [6.07, 6.45) is 2.01. The summed E-state index contributed by atoms with van der Waals surface area (Å²) in [4.78, 5) is 23.6. The van der Waals surface area contributed by atoms with E-state index in [1.54, 1.807) is 4.57 Å². The quantitative estimate of drug-likeness (QED) is 0.599. The van der Waals surface area contributed by atoms with E-state index in [0.29, 0.717) is 17.5 Å². The van der Waals surface area contributed by atoms with Crippen molar-refractivity contribution >= 4 is 17.7 Å². The van der Waals surface area contributed by atoms with E-state index in [4.69, 9.17) is 5.73 Å². The fourth-order valence-electron chi connectivity index (χ4n) is 2.58. The van der Waals surface area contributed by atoms with Gasteiger partial charge >= 0.3 is 5.69 Å². The Labute approximate surface area is 128 Å². The molecule has 1 amide bonds. The monoisotopic (exact) mass is 313 g/mol. The van der Waals surface area contributed by atoms with E-state index in [1.807, 2.05) is 20.8 Å². The summed E-state index contributed by atoms with van der Waals surface area (Å²) in [6.45, 7) is 6.43. The molecule has 0 aliphatic heterocycles. The number of nitrogens with two attached hydrogens (primary N) is 1. The van der Waals surface area contributed by atoms with Gasteiger partial charge in [0.1, 0.15) is 5.54 Å². The number of nitrogens with one attached hydrogen (secondary N) is 2. The van der Waals surface area contributed by atoms with Crippen LogP contribution in [-0.4, -0.2) is 38.0 Å². The van der Waals surface area contributed by atoms with E-state index in [1.165, 1.54) is 11.8 Å². The maximum absolute atomic E-state index is 12.1. The molecule has 0 spiro atoms. The van der Waals surface area contributed by atoms with Gasteiger partial charge in [-0.1, -0.05) is 11.8 Å². The molecule has 8 heteroatoms. The highest BCUT2D eigenvalue weighted by Gasteiger charge is 2.50. The predicted molar refractivity (Wildman–Crippen MR) is 82.2 cm³/mol. The number of carbonyl (C=O) groups is 1. The maximum atomic E-state index is 12.1. The number of hydrogen-bond acceptors (Lipinski definition) is 5. The first-order valence-electron chi connectivity index (χ1n) is 7.26. The van der Waals surface area contributed by atoms with Gasteiger partial charge in [-0.25, -0.2) is 9.89 Å². The van der Waals surface area contributed by atoms with Crippen molar-refractivity contribution in [2.24, 2.45) is 11.7 Å². The van der Waals surface area contributed by atoms with E-state index in [0.717, 1.165) is 12.8 Å². The van der Waals surface area contributed by atoms with E-state index in [-0.39, 0.29) is 23.6 Å². The number of aromatic amines is 1. The average molecular weight is 313 g/mol. The molecule has 0 aromatic carbocycles. The predicted octanol–water partition coefficient (Wildman–Crippen LogP) is 0.316. The average Bonchev–Trinajstić information content (AvgIpc) is 3.19. The minimum Gasteiger partial charge on any atom is -0.368 e. The number of thioether (sulfide) groups is 1. The molecule has 4 N–H and O–H groups in total. The second kappa shape index (κ2) is 6.23. The lowest BCUT2D eigenvalue weighted by atomic mass is 9.93. The Bertz CT molecular complexity index is 563. The molecular weight excluding hydrogens is 290 g/mol. The molecule has 7 nitrogen and oxygen atoms in total. The molecule has 118 valence electrons. The number of primary amides is 1. The maximum Gasteiger partial charge on any atom is 0.343 e. The van der Waals surface area contributed by atoms with Crippen molar-refractivity contribution in [3.8, 4) is 0 Å². The van der Waals surface area contributed by atoms with Crippen LogP contribution < -0.4 is 16.7 Å². The molecule has 0 saturated heterocycles. The number of nitrogens with zero attached hydrogens (tertiary/aromatic N) is 2. The van der Waals surface area contributed by atoms with Crippen molar-refractivity contribution in [1.82, 2.24) is 20.1 Å². The number of hydrogen-bond donors (Lipinski definition) is 3. The van der Waals surface area contributed by atoms with Crippen molar-refractivity contribution in [2.75, 3.05) is 5.75 Å². The standard InChI is InChI=1S/C13H23N5O2S/c1-4-18-11(20)16-17-12(18)21-7-13(10(14)19,9-5-6-9)15-8(2)3/h8-9,15H,4-7H2,1-3H3,(H2,14,19)(H,16,20). The first-order chi connectivity index (χ1) is 9.90. The van der Waals surface area contributed by atoms with Gasteiger partial charge in [0.25, 0.3) is 0 Å². The lowest BCUT2D eigenvalue weighted by Gasteiger charge is -2.33. The summed E-state index contributed by atoms with van der Waals surface area (Å²) in [6, 6.07) is 0.159. The summed E-state index contributed by atoms with van der Waals surface area (Å²) in [7, 11) is 0. The molecule has 1 aliphatic carbocycles. The van der Waals surface area contributed by atoms with Crippen LogP contribution in [0.1, 0.15) is 33.6 Å². The zero-order valence-electron chi connectivity index (χ0n) is 12.7. The second-order valence-corrected chi connectivity index (χ2v) is 6.70. The van der Waals surface area contributed by atoms with Crippen LogP contribution in [0.5, 0.6) is 0 Å². The lowest BCUT2D eigenvalue weighted by molar-refractivity contribution is -0.124. The van der Waals surface area contributed by atoms with Crippen LogP contribution in [0.15, 0.2) is 9.95 Å². The van der Waals surface area contributed by atoms with Gasteiger partial charge in [-0.3, -0.25) is 9.36 Å². The van der Waals surface area contributed by atoms with Crippen molar-refractivity contribution in [3.63, 3.8) is 0 Å². The van der Waals surface area contributed by atoms with Crippen LogP contribution in [0.25, 0.3) is 0 Å². The fraction of sp³-hybridized carbons (Fsp3) is 0.769. The van der Waals surface area contributed by atoms with Crippen molar-refractivity contribution < 1.29 is 4.79 Å². The van der Waals surface area contributed by atoms with Crippen LogP contribution in [-0.2, 0) is 11.3 Å². The van der Waals surface area contributed by atoms with Gasteiger partial charge in [-0.2, -0.15) is 0 Å². The SMILES string of the molecule is CCn1c(SCC(NC(C)C)(C(N)=O)C2CC2)n[nH]c1=O. The first-order valence-corrected chi connectivity index (χ1v) is 8.25. The number of rotatable bonds is 8. The minimum absolute atomic E-state index is 0.159. The molecule has 2 rings (SSSR count). The van der Waals surface area contributed by atoms with Crippen LogP contribution in [0.2, 0.25) is 0 Å². The zero-order chi connectivity index (χ0) is 15.6. The molecule has 1 saturated carbocycles. The Kier molecular flexibility index (Phi) is 4.77. The normalized spacial score (nSPS) is 17.9. The molecule has 1 aromatic rings. The number of aromatic nitrogens is 3. The topological polar surface area (TPSA) is 106 Å². The number of H-pyrrole nitrogens is 1. The van der Waals surface area contributed by atoms with Crippen LogP contribution in [0.4, 0.5) is 0 Å². The summed E-state index contributed by atoms with van der Waals surface area (Å²) in [5.74, 6) is 0.424. The number of amides is 1. The Hall–Kier alpha value is -1.28. The van der Waals surface area contributed by atoms with Gasteiger partial charge in [-0.15, -0.1) is 5.10 Å². The van der Waals surface area contributed by atoms with Crippen molar-refractivity contribution in [2.45, 2.75) is 56.9 Å². The lowest BCUT2D eigenvalue weighted by Crippen LogP contribution is -2.61. The van der Waals surface area contributed by atoms with Gasteiger partial charge < -0.3 is 11.1 Å². The van der Waals surface area contributed by atoms with Crippen LogP contribution in [0.3, 0.4) is 0 Å². The van der Waals surface area contributed by atoms with Gasteiger partial charge in [0, 0.05) is 18.3 Å². The van der Waals surface area contributed by atoms with E-state index < -0.39 is 5.54 Å². The van der Waals surface area contributed by atoms with Gasteiger partial charge in [-0.05, 0) is 39.5 Å². The summed E-state index contributed by atoms with van der Waals surface area (Å²) in [5, 5.41) is 10.4. The first kappa shape index (κ1) is 16.1. The minimum atomic E-state index is -0.730. The smallest absolute Gasteiger partial charge is 0.343 e. The van der Waals surface area contributed by atoms with Gasteiger partial charge in [0.15, 0.2) is 5.16 Å². The van der Waals surface area contributed by atoms with Crippen LogP contribution in [0, 0.1) is 5.92 Å². The molecule has 1 heterocycles. The van der Waals surface area contributed by atoms with Crippen molar-refractivity contribution in [1.29, 1.82) is 0 Å². The highest BCUT2D eigenvalue weighted by atomic mass is 32.2. The third kappa shape index (κ3) is 3.32. The molecular formula is C13H23N5O2S. The highest BCUT2D eigenvalue weighted by Crippen LogP contribution is 2.42. The fourth-order valence-corrected chi connectivity index (χ4v) is 3.88. The van der Waals surface area contributed by atoms with Gasteiger partial charge in [0.2, 0.25) is 5.91 Å². The van der Waals surface area contributed by atoms with Crippen LogP contribution >= 0.6 is 11.8 Å². The Morgan fingerprint density at radius 2 is 2.29 bits per heavy atom. The molecule has 1 aromatic heterocycles. The summed E-state index contributed by atoms with van der Waals surface area (Å²) >= 11 is 1.40. The molecule has 0 radical (unpaired) electrons. The number of carbonyl (C=O) groups excluding carboxylic acids is 1. The van der Waals surface area contributed by atoms with E-state index >= 15 is 0 Å². The molecule has 1 atom stereocenters. The Morgan fingerprint density at radius 1 is 1.62 bits per heavy atom.